The second-order valence-corrected chi connectivity index (χ2v) is 8.91. The summed E-state index contributed by atoms with van der Waals surface area (Å²) in [4.78, 5) is 4.34. The molecule has 0 aliphatic carbocycles. The molecule has 1 heterocycles. The highest BCUT2D eigenvalue weighted by atomic mass is 32.2. The fourth-order valence-corrected chi connectivity index (χ4v) is 3.43. The van der Waals surface area contributed by atoms with Crippen LogP contribution in [0.25, 0.3) is 0 Å². The Hall–Kier alpha value is -1.15. The van der Waals surface area contributed by atoms with E-state index in [2.05, 4.69) is 38.8 Å². The molecule has 0 saturated carbocycles. The van der Waals surface area contributed by atoms with Crippen LogP contribution in [-0.4, -0.2) is 65.5 Å². The normalized spacial score (nSPS) is 17.9. The molecule has 1 aliphatic heterocycles. The smallest absolute Gasteiger partial charge is 0.213 e. The number of benzene rings is 1. The van der Waals surface area contributed by atoms with Crippen LogP contribution in [0.3, 0.4) is 0 Å². The predicted molar refractivity (Wildman–Crippen MR) is 98.0 cm³/mol. The summed E-state index contributed by atoms with van der Waals surface area (Å²) in [5.41, 5.74) is 2.25. The molecule has 2 rings (SSSR count). The van der Waals surface area contributed by atoms with Crippen LogP contribution in [0.15, 0.2) is 24.3 Å². The lowest BCUT2D eigenvalue weighted by molar-refractivity contribution is 0.0172. The fraction of sp³-hybridized carbons (Fsp3) is 0.647. The van der Waals surface area contributed by atoms with Crippen molar-refractivity contribution in [3.8, 4) is 0 Å². The standard InChI is InChI=1S/C17H29N3O3S/c1-14(2)24(21,22)18-13-17(20-9-11-23-12-10-20)15-5-7-16(8-6-15)19(3)4/h5-8,14,17-18H,9-13H2,1-4H3/t17-/m0/s1. The van der Waals surface area contributed by atoms with Crippen LogP contribution >= 0.6 is 0 Å². The minimum Gasteiger partial charge on any atom is -0.379 e. The Morgan fingerprint density at radius 2 is 1.75 bits per heavy atom. The van der Waals surface area contributed by atoms with Crippen LogP contribution in [0.4, 0.5) is 5.69 Å². The maximum atomic E-state index is 12.1. The molecule has 1 aromatic rings. The van der Waals surface area contributed by atoms with Gasteiger partial charge in [0.25, 0.3) is 0 Å². The van der Waals surface area contributed by atoms with Crippen molar-refractivity contribution in [2.24, 2.45) is 0 Å². The molecule has 1 N–H and O–H groups in total. The molecule has 0 aromatic heterocycles. The van der Waals surface area contributed by atoms with E-state index < -0.39 is 15.3 Å². The highest BCUT2D eigenvalue weighted by Gasteiger charge is 2.25. The topological polar surface area (TPSA) is 61.9 Å². The first-order valence-corrected chi connectivity index (χ1v) is 9.93. The molecule has 0 amide bonds. The number of anilines is 1. The molecule has 6 nitrogen and oxygen atoms in total. The number of ether oxygens (including phenoxy) is 1. The molecule has 0 unspecified atom stereocenters. The largest absolute Gasteiger partial charge is 0.379 e. The molecule has 24 heavy (non-hydrogen) atoms. The van der Waals surface area contributed by atoms with Crippen molar-refractivity contribution in [2.75, 3.05) is 51.8 Å². The molecule has 0 radical (unpaired) electrons. The van der Waals surface area contributed by atoms with Gasteiger partial charge in [-0.2, -0.15) is 0 Å². The van der Waals surface area contributed by atoms with Gasteiger partial charge in [0.1, 0.15) is 0 Å². The van der Waals surface area contributed by atoms with E-state index >= 15 is 0 Å². The van der Waals surface area contributed by atoms with Gasteiger partial charge in [0.2, 0.25) is 10.0 Å². The first-order chi connectivity index (χ1) is 11.3. The molecule has 1 saturated heterocycles. The van der Waals surface area contributed by atoms with Gasteiger partial charge in [-0.05, 0) is 31.5 Å². The van der Waals surface area contributed by atoms with Crippen LogP contribution < -0.4 is 9.62 Å². The highest BCUT2D eigenvalue weighted by molar-refractivity contribution is 7.90. The highest BCUT2D eigenvalue weighted by Crippen LogP contribution is 2.24. The van der Waals surface area contributed by atoms with E-state index in [0.717, 1.165) is 24.3 Å². The fourth-order valence-electron chi connectivity index (χ4n) is 2.70. The summed E-state index contributed by atoms with van der Waals surface area (Å²) in [6, 6.07) is 8.32. The third-order valence-corrected chi connectivity index (χ3v) is 6.19. The molecule has 1 aliphatic rings. The number of sulfonamides is 1. The summed E-state index contributed by atoms with van der Waals surface area (Å²) >= 11 is 0. The van der Waals surface area contributed by atoms with Gasteiger partial charge in [0, 0.05) is 45.5 Å². The van der Waals surface area contributed by atoms with E-state index in [4.69, 9.17) is 4.74 Å². The van der Waals surface area contributed by atoms with Crippen molar-refractivity contribution in [3.63, 3.8) is 0 Å². The zero-order chi connectivity index (χ0) is 17.7. The third kappa shape index (κ3) is 4.92. The Morgan fingerprint density at radius 3 is 2.25 bits per heavy atom. The lowest BCUT2D eigenvalue weighted by Crippen LogP contribution is -2.44. The molecular weight excluding hydrogens is 326 g/mol. The van der Waals surface area contributed by atoms with E-state index in [1.165, 1.54) is 0 Å². The van der Waals surface area contributed by atoms with Crippen molar-refractivity contribution in [1.29, 1.82) is 0 Å². The van der Waals surface area contributed by atoms with E-state index in [1.54, 1.807) is 13.8 Å². The second kappa shape index (κ2) is 8.29. The number of nitrogens with zero attached hydrogens (tertiary/aromatic N) is 2. The average molecular weight is 356 g/mol. The predicted octanol–water partition coefficient (Wildman–Crippen LogP) is 1.45. The van der Waals surface area contributed by atoms with Crippen LogP contribution in [0.5, 0.6) is 0 Å². The minimum absolute atomic E-state index is 0.0126. The van der Waals surface area contributed by atoms with E-state index in [0.29, 0.717) is 19.8 Å². The summed E-state index contributed by atoms with van der Waals surface area (Å²) in [5, 5.41) is -0.432. The average Bonchev–Trinajstić information content (AvgIpc) is 2.56. The van der Waals surface area contributed by atoms with Gasteiger partial charge in [0.15, 0.2) is 0 Å². The van der Waals surface area contributed by atoms with Crippen molar-refractivity contribution in [2.45, 2.75) is 25.1 Å². The number of hydrogen-bond donors (Lipinski definition) is 1. The SMILES string of the molecule is CC(C)S(=O)(=O)NC[C@@H](c1ccc(N(C)C)cc1)N1CCOCC1. The maximum Gasteiger partial charge on any atom is 0.213 e. The first-order valence-electron chi connectivity index (χ1n) is 8.39. The van der Waals surface area contributed by atoms with Gasteiger partial charge in [-0.3, -0.25) is 4.90 Å². The van der Waals surface area contributed by atoms with Crippen LogP contribution in [-0.2, 0) is 14.8 Å². The lowest BCUT2D eigenvalue weighted by atomic mass is 10.0. The molecular formula is C17H29N3O3S. The molecule has 136 valence electrons. The summed E-state index contributed by atoms with van der Waals surface area (Å²) < 4.78 is 32.5. The van der Waals surface area contributed by atoms with Gasteiger partial charge < -0.3 is 9.64 Å². The van der Waals surface area contributed by atoms with Gasteiger partial charge in [-0.25, -0.2) is 13.1 Å². The monoisotopic (exact) mass is 355 g/mol. The van der Waals surface area contributed by atoms with Crippen molar-refractivity contribution >= 4 is 15.7 Å². The van der Waals surface area contributed by atoms with Crippen molar-refractivity contribution in [1.82, 2.24) is 9.62 Å². The molecule has 0 spiro atoms. The van der Waals surface area contributed by atoms with Gasteiger partial charge in [-0.1, -0.05) is 12.1 Å². The maximum absolute atomic E-state index is 12.1. The Kier molecular flexibility index (Phi) is 6.62. The van der Waals surface area contributed by atoms with Crippen molar-refractivity contribution in [3.05, 3.63) is 29.8 Å². The van der Waals surface area contributed by atoms with E-state index in [1.807, 2.05) is 14.1 Å². The summed E-state index contributed by atoms with van der Waals surface area (Å²) in [5.74, 6) is 0. The zero-order valence-corrected chi connectivity index (χ0v) is 15.8. The Labute approximate surface area is 145 Å². The molecule has 0 bridgehead atoms. The summed E-state index contributed by atoms with van der Waals surface area (Å²) in [6.07, 6.45) is 0. The Bertz CT molecular complexity index is 608. The van der Waals surface area contributed by atoms with E-state index in [9.17, 15) is 8.42 Å². The van der Waals surface area contributed by atoms with Crippen molar-refractivity contribution < 1.29 is 13.2 Å². The number of nitrogens with one attached hydrogen (secondary N) is 1. The number of rotatable bonds is 7. The third-order valence-electron chi connectivity index (χ3n) is 4.38. The van der Waals surface area contributed by atoms with Crippen LogP contribution in [0.1, 0.15) is 25.5 Å². The number of hydrogen-bond acceptors (Lipinski definition) is 5. The van der Waals surface area contributed by atoms with E-state index in [-0.39, 0.29) is 6.04 Å². The van der Waals surface area contributed by atoms with Gasteiger partial charge in [-0.15, -0.1) is 0 Å². The van der Waals surface area contributed by atoms with Crippen LogP contribution in [0.2, 0.25) is 0 Å². The second-order valence-electron chi connectivity index (χ2n) is 6.59. The molecule has 1 aromatic carbocycles. The molecule has 1 fully saturated rings. The Morgan fingerprint density at radius 1 is 1.17 bits per heavy atom. The molecule has 1 atom stereocenters. The zero-order valence-electron chi connectivity index (χ0n) is 15.0. The molecule has 7 heteroatoms. The lowest BCUT2D eigenvalue weighted by Gasteiger charge is -2.35. The number of morpholine rings is 1. The summed E-state index contributed by atoms with van der Waals surface area (Å²) in [6.45, 7) is 6.75. The van der Waals surface area contributed by atoms with Crippen LogP contribution in [0, 0.1) is 0 Å². The first kappa shape index (κ1) is 19.2. The minimum atomic E-state index is -3.28. The quantitative estimate of drug-likeness (QED) is 0.802. The Balaban J connectivity index is 2.18. The van der Waals surface area contributed by atoms with Gasteiger partial charge in [0.05, 0.1) is 18.5 Å². The van der Waals surface area contributed by atoms with Gasteiger partial charge >= 0.3 is 0 Å². The summed E-state index contributed by atoms with van der Waals surface area (Å²) in [7, 11) is 0.733.